The lowest BCUT2D eigenvalue weighted by Gasteiger charge is -2.31. The first-order valence-corrected chi connectivity index (χ1v) is 6.56. The Labute approximate surface area is 117 Å². The summed E-state index contributed by atoms with van der Waals surface area (Å²) in [7, 11) is 0. The minimum Gasteiger partial charge on any atom is -0.506 e. The Morgan fingerprint density at radius 1 is 1.21 bits per heavy atom. The van der Waals surface area contributed by atoms with Crippen molar-refractivity contribution in [3.05, 3.63) is 53.1 Å². The molecule has 0 amide bonds. The topological polar surface area (TPSA) is 32.7 Å². The standard InChI is InChI=1S/C15H14ClNO2/c16-12-9-11(5-6-14(12)18)10-17-7-8-19-15-4-2-1-3-13(15)17/h1-6,9,18H,7-8,10H2. The molecule has 0 saturated carbocycles. The van der Waals surface area contributed by atoms with Gasteiger partial charge in [0.2, 0.25) is 0 Å². The molecule has 0 aromatic heterocycles. The molecule has 0 spiro atoms. The number of aromatic hydroxyl groups is 1. The van der Waals surface area contributed by atoms with Crippen LogP contribution in [0, 0.1) is 0 Å². The third kappa shape index (κ3) is 2.47. The lowest BCUT2D eigenvalue weighted by atomic mass is 10.1. The third-order valence-electron chi connectivity index (χ3n) is 3.21. The maximum atomic E-state index is 9.44. The highest BCUT2D eigenvalue weighted by atomic mass is 35.5. The van der Waals surface area contributed by atoms with Crippen molar-refractivity contribution in [3.63, 3.8) is 0 Å². The Morgan fingerprint density at radius 3 is 2.89 bits per heavy atom. The fraction of sp³-hybridized carbons (Fsp3) is 0.200. The van der Waals surface area contributed by atoms with Gasteiger partial charge in [0.05, 0.1) is 17.3 Å². The second-order valence-electron chi connectivity index (χ2n) is 4.52. The fourth-order valence-corrected chi connectivity index (χ4v) is 2.46. The van der Waals surface area contributed by atoms with Crippen LogP contribution in [0.2, 0.25) is 5.02 Å². The van der Waals surface area contributed by atoms with Gasteiger partial charge in [0.1, 0.15) is 18.1 Å². The molecule has 1 aliphatic heterocycles. The highest BCUT2D eigenvalue weighted by molar-refractivity contribution is 6.32. The number of phenols is 1. The highest BCUT2D eigenvalue weighted by Gasteiger charge is 2.17. The molecule has 0 bridgehead atoms. The van der Waals surface area contributed by atoms with Crippen molar-refractivity contribution >= 4 is 17.3 Å². The molecule has 1 N–H and O–H groups in total. The summed E-state index contributed by atoms with van der Waals surface area (Å²) >= 11 is 5.94. The van der Waals surface area contributed by atoms with Crippen LogP contribution in [0.3, 0.4) is 0 Å². The number of phenolic OH excluding ortho intramolecular Hbond substituents is 1. The molecule has 2 aromatic carbocycles. The molecule has 98 valence electrons. The van der Waals surface area contributed by atoms with Crippen molar-refractivity contribution in [1.29, 1.82) is 0 Å². The van der Waals surface area contributed by atoms with E-state index in [1.54, 1.807) is 12.1 Å². The maximum absolute atomic E-state index is 9.44. The van der Waals surface area contributed by atoms with Crippen molar-refractivity contribution in [2.75, 3.05) is 18.1 Å². The molecule has 3 nitrogen and oxygen atoms in total. The summed E-state index contributed by atoms with van der Waals surface area (Å²) in [6.07, 6.45) is 0. The Morgan fingerprint density at radius 2 is 2.05 bits per heavy atom. The summed E-state index contributed by atoms with van der Waals surface area (Å²) in [4.78, 5) is 2.25. The number of para-hydroxylation sites is 2. The molecule has 3 rings (SSSR count). The quantitative estimate of drug-likeness (QED) is 0.911. The van der Waals surface area contributed by atoms with Crippen LogP contribution in [-0.2, 0) is 6.54 Å². The van der Waals surface area contributed by atoms with Crippen molar-refractivity contribution in [2.24, 2.45) is 0 Å². The highest BCUT2D eigenvalue weighted by Crippen LogP contribution is 2.32. The molecule has 0 radical (unpaired) electrons. The van der Waals surface area contributed by atoms with Gasteiger partial charge in [0, 0.05) is 6.54 Å². The number of benzene rings is 2. The van der Waals surface area contributed by atoms with Gasteiger partial charge in [-0.1, -0.05) is 29.8 Å². The van der Waals surface area contributed by atoms with Crippen molar-refractivity contribution < 1.29 is 9.84 Å². The largest absolute Gasteiger partial charge is 0.506 e. The summed E-state index contributed by atoms with van der Waals surface area (Å²) in [5.74, 6) is 1.03. The van der Waals surface area contributed by atoms with E-state index in [4.69, 9.17) is 16.3 Å². The normalized spacial score (nSPS) is 13.8. The molecule has 0 atom stereocenters. The van der Waals surface area contributed by atoms with Crippen LogP contribution < -0.4 is 9.64 Å². The molecule has 1 heterocycles. The number of hydrogen-bond donors (Lipinski definition) is 1. The smallest absolute Gasteiger partial charge is 0.142 e. The maximum Gasteiger partial charge on any atom is 0.142 e. The van der Waals surface area contributed by atoms with Gasteiger partial charge in [0.25, 0.3) is 0 Å². The van der Waals surface area contributed by atoms with Gasteiger partial charge >= 0.3 is 0 Å². The second-order valence-corrected chi connectivity index (χ2v) is 4.93. The average molecular weight is 276 g/mol. The van der Waals surface area contributed by atoms with E-state index in [-0.39, 0.29) is 5.75 Å². The van der Waals surface area contributed by atoms with Gasteiger partial charge in [-0.2, -0.15) is 0 Å². The van der Waals surface area contributed by atoms with E-state index >= 15 is 0 Å². The van der Waals surface area contributed by atoms with Gasteiger partial charge in [-0.05, 0) is 29.8 Å². The molecule has 0 saturated heterocycles. The van der Waals surface area contributed by atoms with Crippen LogP contribution in [0.25, 0.3) is 0 Å². The summed E-state index contributed by atoms with van der Waals surface area (Å²) in [6, 6.07) is 13.3. The third-order valence-corrected chi connectivity index (χ3v) is 3.51. The first-order valence-electron chi connectivity index (χ1n) is 6.18. The number of nitrogens with zero attached hydrogens (tertiary/aromatic N) is 1. The van der Waals surface area contributed by atoms with Gasteiger partial charge in [-0.15, -0.1) is 0 Å². The predicted molar refractivity (Wildman–Crippen MR) is 76.1 cm³/mol. The molecule has 4 heteroatoms. The zero-order chi connectivity index (χ0) is 13.2. The van der Waals surface area contributed by atoms with Crippen LogP contribution in [0.5, 0.6) is 11.5 Å². The summed E-state index contributed by atoms with van der Waals surface area (Å²) in [5.41, 5.74) is 2.16. The van der Waals surface area contributed by atoms with E-state index in [1.165, 1.54) is 0 Å². The van der Waals surface area contributed by atoms with Crippen molar-refractivity contribution in [3.8, 4) is 11.5 Å². The zero-order valence-electron chi connectivity index (χ0n) is 10.3. The molecule has 0 unspecified atom stereocenters. The summed E-state index contributed by atoms with van der Waals surface area (Å²) < 4.78 is 5.63. The first kappa shape index (κ1) is 12.2. The van der Waals surface area contributed by atoms with Crippen molar-refractivity contribution in [1.82, 2.24) is 0 Å². The lowest BCUT2D eigenvalue weighted by molar-refractivity contribution is 0.307. The van der Waals surface area contributed by atoms with Crippen LogP contribution in [0.4, 0.5) is 5.69 Å². The molecular weight excluding hydrogens is 262 g/mol. The number of fused-ring (bicyclic) bond motifs is 1. The monoisotopic (exact) mass is 275 g/mol. The van der Waals surface area contributed by atoms with Gasteiger partial charge in [-0.25, -0.2) is 0 Å². The van der Waals surface area contributed by atoms with Crippen LogP contribution in [0.15, 0.2) is 42.5 Å². The number of rotatable bonds is 2. The molecule has 2 aromatic rings. The minimum absolute atomic E-state index is 0.118. The molecule has 1 aliphatic rings. The SMILES string of the molecule is Oc1ccc(CN2CCOc3ccccc32)cc1Cl. The Balaban J connectivity index is 1.86. The van der Waals surface area contributed by atoms with E-state index in [9.17, 15) is 5.11 Å². The zero-order valence-corrected chi connectivity index (χ0v) is 11.1. The van der Waals surface area contributed by atoms with E-state index in [0.29, 0.717) is 11.6 Å². The molecule has 0 fully saturated rings. The van der Waals surface area contributed by atoms with Crippen LogP contribution in [-0.4, -0.2) is 18.3 Å². The fourth-order valence-electron chi connectivity index (χ4n) is 2.26. The van der Waals surface area contributed by atoms with Gasteiger partial charge in [-0.3, -0.25) is 0 Å². The van der Waals surface area contributed by atoms with Crippen LogP contribution in [0.1, 0.15) is 5.56 Å². The Hall–Kier alpha value is -1.87. The predicted octanol–water partition coefficient (Wildman–Crippen LogP) is 3.44. The Kier molecular flexibility index (Phi) is 3.22. The number of halogens is 1. The number of ether oxygens (including phenoxy) is 1. The molecular formula is C15H14ClNO2. The number of hydrogen-bond acceptors (Lipinski definition) is 3. The molecule has 0 aliphatic carbocycles. The van der Waals surface area contributed by atoms with E-state index in [0.717, 1.165) is 30.1 Å². The van der Waals surface area contributed by atoms with E-state index in [1.807, 2.05) is 24.3 Å². The molecule has 19 heavy (non-hydrogen) atoms. The average Bonchev–Trinajstić information content (AvgIpc) is 2.43. The second kappa shape index (κ2) is 5.02. The van der Waals surface area contributed by atoms with E-state index < -0.39 is 0 Å². The Bertz CT molecular complexity index is 600. The number of anilines is 1. The van der Waals surface area contributed by atoms with E-state index in [2.05, 4.69) is 11.0 Å². The first-order chi connectivity index (χ1) is 9.24. The van der Waals surface area contributed by atoms with Gasteiger partial charge < -0.3 is 14.7 Å². The summed E-state index contributed by atoms with van der Waals surface area (Å²) in [6.45, 7) is 2.28. The van der Waals surface area contributed by atoms with Gasteiger partial charge in [0.15, 0.2) is 0 Å². The van der Waals surface area contributed by atoms with Crippen molar-refractivity contribution in [2.45, 2.75) is 6.54 Å². The lowest BCUT2D eigenvalue weighted by Crippen LogP contribution is -2.32. The van der Waals surface area contributed by atoms with Crippen LogP contribution >= 0.6 is 11.6 Å². The minimum atomic E-state index is 0.118. The summed E-state index contributed by atoms with van der Waals surface area (Å²) in [5, 5.41) is 9.83.